The number of rotatable bonds is 5. The van der Waals surface area contributed by atoms with Crippen molar-refractivity contribution in [1.29, 1.82) is 0 Å². The van der Waals surface area contributed by atoms with Crippen LogP contribution in [0, 0.1) is 5.92 Å². The van der Waals surface area contributed by atoms with Gasteiger partial charge in [0.2, 0.25) is 0 Å². The number of hydrogen-bond donors (Lipinski definition) is 1. The molecule has 0 aliphatic heterocycles. The van der Waals surface area contributed by atoms with E-state index in [1.54, 1.807) is 7.11 Å². The zero-order valence-electron chi connectivity index (χ0n) is 9.40. The van der Waals surface area contributed by atoms with E-state index in [0.717, 1.165) is 5.56 Å². The quantitative estimate of drug-likeness (QED) is 0.858. The third kappa shape index (κ3) is 2.97. The van der Waals surface area contributed by atoms with Crippen molar-refractivity contribution >= 4 is 11.6 Å². The first-order valence-electron chi connectivity index (χ1n) is 5.66. The highest BCUT2D eigenvalue weighted by molar-refractivity contribution is 6.30. The molecule has 16 heavy (non-hydrogen) atoms. The van der Waals surface area contributed by atoms with Gasteiger partial charge in [-0.15, -0.1) is 0 Å². The minimum absolute atomic E-state index is 0.0287. The number of ether oxygens (including phenoxy) is 1. The molecule has 1 fully saturated rings. The molecular formula is C13H17ClO2. The molecule has 0 saturated heterocycles. The summed E-state index contributed by atoms with van der Waals surface area (Å²) in [6.07, 6.45) is 2.49. The molecule has 1 N–H and O–H groups in total. The van der Waals surface area contributed by atoms with Crippen LogP contribution in [0.15, 0.2) is 24.3 Å². The summed E-state index contributed by atoms with van der Waals surface area (Å²) in [5.74, 6) is 0.541. The maximum atomic E-state index is 10.1. The van der Waals surface area contributed by atoms with Gasteiger partial charge in [-0.05, 0) is 36.5 Å². The lowest BCUT2D eigenvalue weighted by molar-refractivity contribution is -0.0237. The first kappa shape index (κ1) is 11.9. The van der Waals surface area contributed by atoms with Crippen LogP contribution in [0.25, 0.3) is 0 Å². The molecule has 88 valence electrons. The fourth-order valence-electron chi connectivity index (χ4n) is 2.11. The van der Waals surface area contributed by atoms with Crippen molar-refractivity contribution in [1.82, 2.24) is 0 Å². The third-order valence-corrected chi connectivity index (χ3v) is 3.31. The van der Waals surface area contributed by atoms with Crippen LogP contribution in [0.5, 0.6) is 0 Å². The summed E-state index contributed by atoms with van der Waals surface area (Å²) in [5.41, 5.74) is 1.06. The SMILES string of the molecule is COC(C(O)Cc1cccc(Cl)c1)C1CC1. The molecule has 0 amide bonds. The van der Waals surface area contributed by atoms with Crippen molar-refractivity contribution in [3.63, 3.8) is 0 Å². The molecule has 2 unspecified atom stereocenters. The van der Waals surface area contributed by atoms with E-state index in [1.807, 2.05) is 24.3 Å². The van der Waals surface area contributed by atoms with Gasteiger partial charge in [-0.3, -0.25) is 0 Å². The Morgan fingerprint density at radius 2 is 2.25 bits per heavy atom. The Kier molecular flexibility index (Phi) is 3.85. The molecule has 0 spiro atoms. The highest BCUT2D eigenvalue weighted by Gasteiger charge is 2.35. The minimum Gasteiger partial charge on any atom is -0.390 e. The first-order chi connectivity index (χ1) is 7.70. The van der Waals surface area contributed by atoms with E-state index in [2.05, 4.69) is 0 Å². The summed E-state index contributed by atoms with van der Waals surface area (Å²) in [7, 11) is 1.67. The highest BCUT2D eigenvalue weighted by Crippen LogP contribution is 2.36. The molecule has 1 aromatic rings. The fourth-order valence-corrected chi connectivity index (χ4v) is 2.32. The van der Waals surface area contributed by atoms with Crippen LogP contribution in [0.3, 0.4) is 0 Å². The second kappa shape index (κ2) is 5.17. The highest BCUT2D eigenvalue weighted by atomic mass is 35.5. The minimum atomic E-state index is -0.434. The van der Waals surface area contributed by atoms with Gasteiger partial charge in [-0.25, -0.2) is 0 Å². The van der Waals surface area contributed by atoms with E-state index in [1.165, 1.54) is 12.8 Å². The zero-order chi connectivity index (χ0) is 11.5. The van der Waals surface area contributed by atoms with Gasteiger partial charge in [0.1, 0.15) is 0 Å². The lowest BCUT2D eigenvalue weighted by atomic mass is 10.0. The van der Waals surface area contributed by atoms with Crippen LogP contribution in [0.4, 0.5) is 0 Å². The first-order valence-corrected chi connectivity index (χ1v) is 6.04. The molecule has 1 aliphatic carbocycles. The van der Waals surface area contributed by atoms with Gasteiger partial charge >= 0.3 is 0 Å². The Morgan fingerprint density at radius 3 is 2.81 bits per heavy atom. The van der Waals surface area contributed by atoms with E-state index < -0.39 is 6.10 Å². The molecule has 1 aromatic carbocycles. The predicted octanol–water partition coefficient (Wildman–Crippen LogP) is 2.67. The summed E-state index contributed by atoms with van der Waals surface area (Å²) >= 11 is 5.90. The molecule has 2 rings (SSSR count). The fraction of sp³-hybridized carbons (Fsp3) is 0.538. The van der Waals surface area contributed by atoms with E-state index in [4.69, 9.17) is 16.3 Å². The topological polar surface area (TPSA) is 29.5 Å². The van der Waals surface area contributed by atoms with E-state index in [0.29, 0.717) is 17.4 Å². The van der Waals surface area contributed by atoms with Gasteiger partial charge in [-0.1, -0.05) is 23.7 Å². The monoisotopic (exact) mass is 240 g/mol. The van der Waals surface area contributed by atoms with Crippen molar-refractivity contribution < 1.29 is 9.84 Å². The van der Waals surface area contributed by atoms with Crippen molar-refractivity contribution in [2.24, 2.45) is 5.92 Å². The lowest BCUT2D eigenvalue weighted by Gasteiger charge is -2.21. The summed E-state index contributed by atoms with van der Waals surface area (Å²) in [6, 6.07) is 7.62. The smallest absolute Gasteiger partial charge is 0.0861 e. The number of aliphatic hydroxyl groups excluding tert-OH is 1. The van der Waals surface area contributed by atoms with Crippen molar-refractivity contribution in [2.45, 2.75) is 31.5 Å². The largest absolute Gasteiger partial charge is 0.390 e. The summed E-state index contributed by atoms with van der Waals surface area (Å²) in [4.78, 5) is 0. The molecule has 0 aromatic heterocycles. The van der Waals surface area contributed by atoms with Gasteiger partial charge < -0.3 is 9.84 Å². The number of methoxy groups -OCH3 is 1. The predicted molar refractivity (Wildman–Crippen MR) is 64.7 cm³/mol. The zero-order valence-corrected chi connectivity index (χ0v) is 10.2. The van der Waals surface area contributed by atoms with Crippen molar-refractivity contribution in [3.8, 4) is 0 Å². The molecule has 3 heteroatoms. The van der Waals surface area contributed by atoms with Crippen LogP contribution in [0.1, 0.15) is 18.4 Å². The number of benzene rings is 1. The van der Waals surface area contributed by atoms with Crippen LogP contribution in [-0.4, -0.2) is 24.4 Å². The summed E-state index contributed by atoms with van der Waals surface area (Å²) in [5, 5.41) is 10.8. The molecule has 2 atom stereocenters. The second-order valence-electron chi connectivity index (χ2n) is 4.44. The van der Waals surface area contributed by atoms with Gasteiger partial charge in [0.15, 0.2) is 0 Å². The van der Waals surface area contributed by atoms with Crippen LogP contribution >= 0.6 is 11.6 Å². The van der Waals surface area contributed by atoms with Crippen LogP contribution < -0.4 is 0 Å². The summed E-state index contributed by atoms with van der Waals surface area (Å²) in [6.45, 7) is 0. The Hall–Kier alpha value is -0.570. The van der Waals surface area contributed by atoms with Crippen LogP contribution in [-0.2, 0) is 11.2 Å². The van der Waals surface area contributed by atoms with Crippen molar-refractivity contribution in [2.75, 3.05) is 7.11 Å². The van der Waals surface area contributed by atoms with Gasteiger partial charge in [-0.2, -0.15) is 0 Å². The molecular weight excluding hydrogens is 224 g/mol. The maximum Gasteiger partial charge on any atom is 0.0861 e. The Balaban J connectivity index is 1.97. The Bertz CT molecular complexity index is 350. The number of aliphatic hydroxyl groups is 1. The van der Waals surface area contributed by atoms with Gasteiger partial charge in [0.05, 0.1) is 12.2 Å². The van der Waals surface area contributed by atoms with Gasteiger partial charge in [0, 0.05) is 18.6 Å². The Labute approximate surface area is 101 Å². The molecule has 2 nitrogen and oxygen atoms in total. The third-order valence-electron chi connectivity index (χ3n) is 3.07. The Morgan fingerprint density at radius 1 is 1.50 bits per heavy atom. The number of halogens is 1. The molecule has 0 heterocycles. The molecule has 0 bridgehead atoms. The molecule has 0 radical (unpaired) electrons. The average Bonchev–Trinajstić information content (AvgIpc) is 3.03. The van der Waals surface area contributed by atoms with Crippen LogP contribution in [0.2, 0.25) is 5.02 Å². The van der Waals surface area contributed by atoms with Gasteiger partial charge in [0.25, 0.3) is 0 Å². The van der Waals surface area contributed by atoms with E-state index >= 15 is 0 Å². The maximum absolute atomic E-state index is 10.1. The molecule has 1 aliphatic rings. The lowest BCUT2D eigenvalue weighted by Crippen LogP contribution is -2.31. The number of hydrogen-bond acceptors (Lipinski definition) is 2. The second-order valence-corrected chi connectivity index (χ2v) is 4.88. The average molecular weight is 241 g/mol. The normalized spacial score (nSPS) is 19.4. The van der Waals surface area contributed by atoms with E-state index in [-0.39, 0.29) is 6.10 Å². The summed E-state index contributed by atoms with van der Waals surface area (Å²) < 4.78 is 5.36. The molecule has 1 saturated carbocycles. The van der Waals surface area contributed by atoms with Crippen molar-refractivity contribution in [3.05, 3.63) is 34.9 Å². The van der Waals surface area contributed by atoms with E-state index in [9.17, 15) is 5.11 Å². The standard InChI is InChI=1S/C13H17ClO2/c1-16-13(10-5-6-10)12(15)8-9-3-2-4-11(14)7-9/h2-4,7,10,12-13,15H,5-6,8H2,1H3.